The third-order valence-corrected chi connectivity index (χ3v) is 5.35. The van der Waals surface area contributed by atoms with Crippen LogP contribution in [0, 0.1) is 0 Å². The van der Waals surface area contributed by atoms with Crippen molar-refractivity contribution in [2.75, 3.05) is 5.32 Å². The SMILES string of the molecule is CC1=C(C(=O)Nc2ccccc2C(F)(F)F)C(c2ccc(-c3ccccc3)cc2)NC(=O)N1. The molecule has 8 heteroatoms. The molecule has 0 aromatic heterocycles. The first-order valence-electron chi connectivity index (χ1n) is 10.2. The van der Waals surface area contributed by atoms with Crippen molar-refractivity contribution in [2.45, 2.75) is 19.1 Å². The summed E-state index contributed by atoms with van der Waals surface area (Å²) in [6.45, 7) is 1.54. The zero-order chi connectivity index (χ0) is 23.6. The molecule has 0 saturated heterocycles. The molecule has 1 unspecified atom stereocenters. The molecular weight excluding hydrogens is 431 g/mol. The number of allylic oxidation sites excluding steroid dienone is 1. The van der Waals surface area contributed by atoms with E-state index < -0.39 is 29.7 Å². The molecule has 3 amide bonds. The van der Waals surface area contributed by atoms with E-state index in [2.05, 4.69) is 16.0 Å². The first-order chi connectivity index (χ1) is 15.7. The highest BCUT2D eigenvalue weighted by atomic mass is 19.4. The first kappa shape index (κ1) is 22.1. The lowest BCUT2D eigenvalue weighted by atomic mass is 9.93. The van der Waals surface area contributed by atoms with Crippen molar-refractivity contribution in [2.24, 2.45) is 0 Å². The van der Waals surface area contributed by atoms with E-state index in [0.717, 1.165) is 17.2 Å². The average molecular weight is 451 g/mol. The smallest absolute Gasteiger partial charge is 0.327 e. The maximum absolute atomic E-state index is 13.4. The quantitative estimate of drug-likeness (QED) is 0.481. The van der Waals surface area contributed by atoms with E-state index in [0.29, 0.717) is 5.56 Å². The van der Waals surface area contributed by atoms with E-state index in [9.17, 15) is 22.8 Å². The van der Waals surface area contributed by atoms with Gasteiger partial charge in [0.25, 0.3) is 5.91 Å². The summed E-state index contributed by atoms with van der Waals surface area (Å²) in [5.74, 6) is -0.742. The van der Waals surface area contributed by atoms with Crippen LogP contribution in [-0.4, -0.2) is 11.9 Å². The molecule has 3 aromatic carbocycles. The van der Waals surface area contributed by atoms with Crippen LogP contribution in [0.4, 0.5) is 23.7 Å². The fourth-order valence-electron chi connectivity index (χ4n) is 3.77. The number of carbonyl (C=O) groups is 2. The van der Waals surface area contributed by atoms with E-state index >= 15 is 0 Å². The number of benzene rings is 3. The maximum atomic E-state index is 13.4. The van der Waals surface area contributed by atoms with Gasteiger partial charge >= 0.3 is 12.2 Å². The Hall–Kier alpha value is -4.07. The summed E-state index contributed by atoms with van der Waals surface area (Å²) in [7, 11) is 0. The predicted octanol–water partition coefficient (Wildman–Crippen LogP) is 5.64. The number of alkyl halides is 3. The highest BCUT2D eigenvalue weighted by Crippen LogP contribution is 2.36. The van der Waals surface area contributed by atoms with Gasteiger partial charge in [0, 0.05) is 5.70 Å². The second kappa shape index (κ2) is 8.82. The van der Waals surface area contributed by atoms with Crippen LogP contribution in [0.5, 0.6) is 0 Å². The third kappa shape index (κ3) is 4.74. The number of para-hydroxylation sites is 1. The molecule has 3 aromatic rings. The van der Waals surface area contributed by atoms with E-state index in [1.807, 2.05) is 42.5 Å². The molecule has 0 spiro atoms. The highest BCUT2D eigenvalue weighted by molar-refractivity contribution is 6.07. The lowest BCUT2D eigenvalue weighted by molar-refractivity contribution is -0.137. The summed E-state index contributed by atoms with van der Waals surface area (Å²) < 4.78 is 40.1. The Labute approximate surface area is 188 Å². The fraction of sp³-hybridized carbons (Fsp3) is 0.120. The average Bonchev–Trinajstić information content (AvgIpc) is 2.79. The van der Waals surface area contributed by atoms with Gasteiger partial charge in [-0.2, -0.15) is 13.2 Å². The van der Waals surface area contributed by atoms with Gasteiger partial charge in [0.2, 0.25) is 0 Å². The fourth-order valence-corrected chi connectivity index (χ4v) is 3.77. The zero-order valence-corrected chi connectivity index (χ0v) is 17.5. The summed E-state index contributed by atoms with van der Waals surface area (Å²) in [5, 5.41) is 7.58. The van der Waals surface area contributed by atoms with Crippen LogP contribution >= 0.6 is 0 Å². The van der Waals surface area contributed by atoms with Crippen molar-refractivity contribution in [1.82, 2.24) is 10.6 Å². The van der Waals surface area contributed by atoms with Gasteiger partial charge in [-0.15, -0.1) is 0 Å². The van der Waals surface area contributed by atoms with E-state index in [-0.39, 0.29) is 17.0 Å². The second-order valence-electron chi connectivity index (χ2n) is 7.56. The number of hydrogen-bond donors (Lipinski definition) is 3. The number of nitrogens with one attached hydrogen (secondary N) is 3. The molecule has 0 radical (unpaired) electrons. The molecule has 0 fully saturated rings. The molecule has 1 aliphatic heterocycles. The van der Waals surface area contributed by atoms with E-state index in [4.69, 9.17) is 0 Å². The monoisotopic (exact) mass is 451 g/mol. The lowest BCUT2D eigenvalue weighted by Gasteiger charge is -2.29. The van der Waals surface area contributed by atoms with E-state index in [1.165, 1.54) is 25.1 Å². The third-order valence-electron chi connectivity index (χ3n) is 5.35. The van der Waals surface area contributed by atoms with Gasteiger partial charge in [-0.25, -0.2) is 4.79 Å². The minimum absolute atomic E-state index is 0.124. The van der Waals surface area contributed by atoms with Crippen molar-refractivity contribution < 1.29 is 22.8 Å². The van der Waals surface area contributed by atoms with Crippen LogP contribution < -0.4 is 16.0 Å². The van der Waals surface area contributed by atoms with Crippen molar-refractivity contribution in [3.8, 4) is 11.1 Å². The molecule has 33 heavy (non-hydrogen) atoms. The summed E-state index contributed by atoms with van der Waals surface area (Å²) in [6.07, 6.45) is -4.63. The Morgan fingerprint density at radius 2 is 1.48 bits per heavy atom. The zero-order valence-electron chi connectivity index (χ0n) is 17.5. The van der Waals surface area contributed by atoms with Gasteiger partial charge in [0.05, 0.1) is 22.9 Å². The molecule has 0 bridgehead atoms. The van der Waals surface area contributed by atoms with Gasteiger partial charge in [0.15, 0.2) is 0 Å². The number of halogens is 3. The van der Waals surface area contributed by atoms with Gasteiger partial charge < -0.3 is 16.0 Å². The Bertz CT molecular complexity index is 1220. The Kier molecular flexibility index (Phi) is 5.91. The molecule has 168 valence electrons. The molecule has 0 saturated carbocycles. The second-order valence-corrected chi connectivity index (χ2v) is 7.56. The number of rotatable bonds is 4. The molecule has 5 nitrogen and oxygen atoms in total. The Morgan fingerprint density at radius 3 is 2.15 bits per heavy atom. The van der Waals surface area contributed by atoms with Crippen LogP contribution in [0.25, 0.3) is 11.1 Å². The topological polar surface area (TPSA) is 70.2 Å². The molecule has 4 rings (SSSR count). The number of carbonyl (C=O) groups excluding carboxylic acids is 2. The largest absolute Gasteiger partial charge is 0.418 e. The van der Waals surface area contributed by atoms with E-state index in [1.54, 1.807) is 12.1 Å². The molecule has 1 atom stereocenters. The van der Waals surface area contributed by atoms with Crippen molar-refractivity contribution in [3.05, 3.63) is 101 Å². The maximum Gasteiger partial charge on any atom is 0.418 e. The van der Waals surface area contributed by atoms with Crippen LogP contribution in [0.1, 0.15) is 24.1 Å². The van der Waals surface area contributed by atoms with Crippen LogP contribution in [0.2, 0.25) is 0 Å². The molecule has 0 aliphatic carbocycles. The van der Waals surface area contributed by atoms with Crippen molar-refractivity contribution in [1.29, 1.82) is 0 Å². The molecule has 1 aliphatic rings. The normalized spacial score (nSPS) is 16.1. The number of urea groups is 1. The van der Waals surface area contributed by atoms with Crippen molar-refractivity contribution in [3.63, 3.8) is 0 Å². The predicted molar refractivity (Wildman–Crippen MR) is 119 cm³/mol. The number of amides is 3. The Balaban J connectivity index is 1.66. The molecule has 1 heterocycles. The van der Waals surface area contributed by atoms with Gasteiger partial charge in [-0.3, -0.25) is 4.79 Å². The minimum Gasteiger partial charge on any atom is -0.327 e. The minimum atomic E-state index is -4.63. The van der Waals surface area contributed by atoms with Crippen molar-refractivity contribution >= 4 is 17.6 Å². The summed E-state index contributed by atoms with van der Waals surface area (Å²) in [4.78, 5) is 25.2. The molecule has 3 N–H and O–H groups in total. The van der Waals surface area contributed by atoms with Gasteiger partial charge in [0.1, 0.15) is 0 Å². The van der Waals surface area contributed by atoms with Gasteiger partial charge in [-0.1, -0.05) is 66.7 Å². The highest BCUT2D eigenvalue weighted by Gasteiger charge is 2.35. The molecular formula is C25H20F3N3O2. The number of anilines is 1. The standard InChI is InChI=1S/C25H20F3N3O2/c1-15-21(23(32)30-20-10-6-5-9-19(20)25(26,27)28)22(31-24(33)29-15)18-13-11-17(12-14-18)16-7-3-2-4-8-16/h2-14,22H,1H3,(H,30,32)(H2,29,31,33). The Morgan fingerprint density at radius 1 is 0.879 bits per heavy atom. The number of hydrogen-bond acceptors (Lipinski definition) is 2. The lowest BCUT2D eigenvalue weighted by Crippen LogP contribution is -2.46. The van der Waals surface area contributed by atoms with Crippen LogP contribution in [0.15, 0.2) is 90.1 Å². The summed E-state index contributed by atoms with van der Waals surface area (Å²) in [5.41, 5.74) is 1.66. The summed E-state index contributed by atoms with van der Waals surface area (Å²) in [6, 6.07) is 20.4. The van der Waals surface area contributed by atoms with Crippen LogP contribution in [-0.2, 0) is 11.0 Å². The first-order valence-corrected chi connectivity index (χ1v) is 10.2. The van der Waals surface area contributed by atoms with Crippen LogP contribution in [0.3, 0.4) is 0 Å². The summed E-state index contributed by atoms with van der Waals surface area (Å²) >= 11 is 0. The van der Waals surface area contributed by atoms with Gasteiger partial charge in [-0.05, 0) is 35.7 Å².